The van der Waals surface area contributed by atoms with Crippen LogP contribution in [-0.2, 0) is 75.2 Å². The number of aromatic amines is 2. The summed E-state index contributed by atoms with van der Waals surface area (Å²) in [7, 11) is 1.71. The number of aliphatic hydroxyl groups excluding tert-OH is 1. The van der Waals surface area contributed by atoms with E-state index >= 15 is 9.59 Å². The molecule has 4 aliphatic heterocycles. The van der Waals surface area contributed by atoms with E-state index < -0.39 is 236 Å². The van der Waals surface area contributed by atoms with Gasteiger partial charge in [0.15, 0.2) is 46.6 Å². The summed E-state index contributed by atoms with van der Waals surface area (Å²) in [6.45, 7) is 11.5. The Balaban J connectivity index is 1.01. The summed E-state index contributed by atoms with van der Waals surface area (Å²) in [6.07, 6.45) is -5.15. The molecule has 9 rings (SSSR count). The number of guanidine groups is 1. The minimum absolute atomic E-state index is 0.0412. The molecule has 7 amide bonds. The number of hydrogen-bond donors (Lipinski definition) is 14. The number of amides is 7. The van der Waals surface area contributed by atoms with Crippen LogP contribution >= 0.6 is 21.6 Å². The van der Waals surface area contributed by atoms with E-state index in [-0.39, 0.29) is 49.3 Å². The predicted molar refractivity (Wildman–Crippen MR) is 408 cm³/mol. The van der Waals surface area contributed by atoms with E-state index in [0.29, 0.717) is 57.1 Å². The number of carbonyl (C=O) groups is 14. The molecule has 592 valence electrons. The smallest absolute Gasteiger partial charge is 0.304 e. The summed E-state index contributed by atoms with van der Waals surface area (Å²) in [5.74, 6) is -25.7. The number of ketones is 6. The second-order valence-electron chi connectivity index (χ2n) is 28.6. The number of carbonyl (C=O) groups excluding carboxylic acids is 13. The standard InChI is InChI=1S/C76H91F2N15O16S2/c1-7-45-33(3)51-24-53-35(5)47(68(89-53)48-23-62(99)66-36(6)54(90-69(48)66)26-56-46(8-2)34(4)52(88-56)25-55(45)87-51)11-12-59(96)67(71(81)105)70(104)50(10-9-13-84-76(82)83)91-74(108)40-19-61(98)57(27-63(80)100)92-75(109)58-22-44(95)30-93(58)64(101)29-86-72(106)38(14-37-15-41(77)21-42(78)16-37)17-43(94)28-85-73(107)39(20-65(102)103)18-60(97)49(79)32-111-110-31-40/h7,15-16,21,24-26,35,38-40,44,47,49-50,57-58,67,87,90,95H,1,8-14,17-20,22-23,27-32,79H2,2-6H3,(H2,80,100)(H2,81,105)(H,85,107)(H,86,106)(H,91,108)(H,92,109)(H,102,103)(H4,82,83,84)/t35?,38-,39+,40+,44?,47?,49+,50-,57?,58?,67?/m0/s1. The van der Waals surface area contributed by atoms with E-state index in [1.54, 1.807) is 6.08 Å². The Morgan fingerprint density at radius 1 is 0.820 bits per heavy atom. The minimum atomic E-state index is -2.23. The van der Waals surface area contributed by atoms with Gasteiger partial charge < -0.3 is 74.6 Å². The molecule has 0 spiro atoms. The molecule has 111 heavy (non-hydrogen) atoms. The van der Waals surface area contributed by atoms with E-state index in [1.807, 2.05) is 52.8 Å². The van der Waals surface area contributed by atoms with E-state index in [9.17, 15) is 76.5 Å². The van der Waals surface area contributed by atoms with Gasteiger partial charge >= 0.3 is 5.97 Å². The van der Waals surface area contributed by atoms with Crippen molar-refractivity contribution in [2.45, 2.75) is 160 Å². The summed E-state index contributed by atoms with van der Waals surface area (Å²) in [4.78, 5) is 214. The van der Waals surface area contributed by atoms with Crippen LogP contribution in [0, 0.1) is 54.6 Å². The number of carboxylic acids is 1. The van der Waals surface area contributed by atoms with Crippen LogP contribution in [0.3, 0.4) is 0 Å². The number of halogens is 2. The topological polar surface area (TPSA) is 528 Å². The first-order valence-electron chi connectivity index (χ1n) is 36.3. The van der Waals surface area contributed by atoms with Crippen LogP contribution in [0.15, 0.2) is 43.0 Å². The fraction of sp³-hybridized carbons (Fsp3) is 0.461. The molecule has 0 radical (unpaired) electrons. The Hall–Kier alpha value is -10.6. The Bertz CT molecular complexity index is 4690. The van der Waals surface area contributed by atoms with Crippen LogP contribution in [0.25, 0.3) is 39.3 Å². The van der Waals surface area contributed by atoms with Crippen molar-refractivity contribution in [3.8, 4) is 0 Å². The van der Waals surface area contributed by atoms with Crippen molar-refractivity contribution in [2.24, 2.45) is 46.6 Å². The third-order valence-corrected chi connectivity index (χ3v) is 23.3. The Labute approximate surface area is 643 Å². The van der Waals surface area contributed by atoms with Crippen LogP contribution in [0.2, 0.25) is 0 Å². The Kier molecular flexibility index (Phi) is 28.1. The molecule has 8 bridgehead atoms. The van der Waals surface area contributed by atoms with Crippen molar-refractivity contribution in [3.05, 3.63) is 111 Å². The van der Waals surface area contributed by atoms with Gasteiger partial charge in [-0.1, -0.05) is 48.1 Å². The number of carboxylic acid groups (broad SMARTS) is 1. The third-order valence-electron chi connectivity index (χ3n) is 20.8. The van der Waals surface area contributed by atoms with Gasteiger partial charge in [-0.25, -0.2) is 13.8 Å². The highest BCUT2D eigenvalue weighted by Crippen LogP contribution is 2.45. The van der Waals surface area contributed by atoms with Gasteiger partial charge in [-0.05, 0) is 111 Å². The average Bonchev–Trinajstić information content (AvgIpc) is 1.58. The number of nitrogens with zero attached hydrogens (tertiary/aromatic N) is 3. The zero-order valence-corrected chi connectivity index (χ0v) is 63.5. The molecule has 3 aromatic heterocycles. The summed E-state index contributed by atoms with van der Waals surface area (Å²) in [5, 5.41) is 40.6. The number of aliphatic carboxylic acids is 1. The van der Waals surface area contributed by atoms with Gasteiger partial charge in [0, 0.05) is 126 Å². The van der Waals surface area contributed by atoms with Gasteiger partial charge in [-0.15, -0.1) is 0 Å². The van der Waals surface area contributed by atoms with Crippen molar-refractivity contribution < 1.29 is 86.1 Å². The monoisotopic (exact) mass is 1570 g/mol. The van der Waals surface area contributed by atoms with Crippen LogP contribution < -0.4 is 49.5 Å². The van der Waals surface area contributed by atoms with Crippen LogP contribution in [0.1, 0.15) is 164 Å². The first-order valence-corrected chi connectivity index (χ1v) is 38.8. The third kappa shape index (κ3) is 20.5. The number of rotatable bonds is 21. The maximum Gasteiger partial charge on any atom is 0.304 e. The lowest BCUT2D eigenvalue weighted by Crippen LogP contribution is -2.54. The number of aliphatic hydroxyl groups is 1. The van der Waals surface area contributed by atoms with Gasteiger partial charge in [-0.2, -0.15) is 0 Å². The molecule has 6 unspecified atom stereocenters. The lowest BCUT2D eigenvalue weighted by molar-refractivity contribution is -0.143. The molecule has 4 aromatic rings. The average molecular weight is 1570 g/mol. The van der Waals surface area contributed by atoms with E-state index in [2.05, 4.69) is 43.1 Å². The number of Topliss-reactive ketones (excluding diaryl/α,β-unsaturated/α-hetero) is 6. The van der Waals surface area contributed by atoms with Crippen molar-refractivity contribution in [3.63, 3.8) is 0 Å². The quantitative estimate of drug-likeness (QED) is 0.0187. The molecular weight excluding hydrogens is 1480 g/mol. The zero-order valence-electron chi connectivity index (χ0n) is 61.9. The van der Waals surface area contributed by atoms with Crippen LogP contribution in [0.5, 0.6) is 0 Å². The first-order chi connectivity index (χ1) is 52.5. The number of allylic oxidation sites excluding steroid dienone is 2. The lowest BCUT2D eigenvalue weighted by Gasteiger charge is -2.27. The predicted octanol–water partition coefficient (Wildman–Crippen LogP) is 3.31. The van der Waals surface area contributed by atoms with Gasteiger partial charge in [0.25, 0.3) is 0 Å². The second kappa shape index (κ2) is 36.9. The maximum absolute atomic E-state index is 15.2. The summed E-state index contributed by atoms with van der Waals surface area (Å²) in [5.41, 5.74) is 34.1. The number of aryl methyl sites for hydroxylation is 2. The molecule has 2 saturated heterocycles. The van der Waals surface area contributed by atoms with Crippen molar-refractivity contribution in [1.82, 2.24) is 51.4 Å². The largest absolute Gasteiger partial charge is 0.481 e. The normalized spacial score (nSPS) is 22.6. The SMILES string of the molecule is C=Cc1c(C)c2cc3nc(c4c5[nH]c(cc6nc(cc1[nH]2)C(C)=C6CC)c(C)c5C(=O)C4)C(CCC(=O)C(C(N)=O)C(=O)[C@H](CCCNC(=N)N)NC(=O)[C@H]1CSSC[C@@H](N)C(=O)C[C@H](CC(=O)O)C(=O)NCC(=O)C[C@H](Cc2cc(F)cc(F)c2)C(=O)NCC(=O)N2CC(O)CC2C(=O)NC(CC(N)=O)C(=O)C1)C3C. The van der Waals surface area contributed by atoms with Crippen molar-refractivity contribution >= 4 is 149 Å². The molecule has 2 fully saturated rings. The Morgan fingerprint density at radius 2 is 1.50 bits per heavy atom. The fourth-order valence-corrected chi connectivity index (χ4v) is 17.3. The Morgan fingerprint density at radius 3 is 2.16 bits per heavy atom. The number of H-pyrrole nitrogens is 2. The summed E-state index contributed by atoms with van der Waals surface area (Å²) in [6, 6.07) is 1.43. The van der Waals surface area contributed by atoms with E-state index in [4.69, 9.17) is 38.3 Å². The van der Waals surface area contributed by atoms with Crippen LogP contribution in [-0.4, -0.2) is 191 Å². The van der Waals surface area contributed by atoms with E-state index in [0.717, 1.165) is 77.8 Å². The highest BCUT2D eigenvalue weighted by Gasteiger charge is 2.44. The number of hydrogen-bond acceptors (Lipinski definition) is 21. The molecule has 5 aliphatic rings. The van der Waals surface area contributed by atoms with Crippen molar-refractivity contribution in [2.75, 3.05) is 37.7 Å². The minimum Gasteiger partial charge on any atom is -0.481 e. The number of fused-ring (bicyclic) bond motifs is 9. The summed E-state index contributed by atoms with van der Waals surface area (Å²) >= 11 is 0. The molecule has 1 aliphatic carbocycles. The molecule has 31 nitrogen and oxygen atoms in total. The fourth-order valence-electron chi connectivity index (χ4n) is 14.9. The highest BCUT2D eigenvalue weighted by atomic mass is 33.1. The number of aromatic nitrogens is 4. The molecule has 0 saturated carbocycles. The molecular formula is C76H91F2N15O16S2. The van der Waals surface area contributed by atoms with E-state index in [1.165, 1.54) is 0 Å². The lowest BCUT2D eigenvalue weighted by atomic mass is 9.82. The second-order valence-corrected chi connectivity index (χ2v) is 31.2. The number of nitrogens with two attached hydrogens (primary N) is 4. The first kappa shape index (κ1) is 84.4. The molecule has 1 aromatic carbocycles. The van der Waals surface area contributed by atoms with Gasteiger partial charge in [0.1, 0.15) is 17.7 Å². The molecule has 35 heteroatoms. The van der Waals surface area contributed by atoms with Crippen molar-refractivity contribution in [1.29, 1.82) is 5.41 Å². The molecule has 18 N–H and O–H groups in total. The maximum atomic E-state index is 15.2. The number of primary amides is 2. The van der Waals surface area contributed by atoms with Gasteiger partial charge in [0.05, 0.1) is 84.6 Å². The number of nitrogens with one attached hydrogen (secondary N) is 8. The highest BCUT2D eigenvalue weighted by molar-refractivity contribution is 8.76. The van der Waals surface area contributed by atoms with Gasteiger partial charge in [0.2, 0.25) is 41.4 Å². The molecule has 7 heterocycles. The van der Waals surface area contributed by atoms with Gasteiger partial charge in [-0.3, -0.25) is 77.5 Å². The zero-order chi connectivity index (χ0) is 81.1. The molecule has 11 atom stereocenters. The number of benzene rings is 1. The van der Waals surface area contributed by atoms with Crippen LogP contribution in [0.4, 0.5) is 8.78 Å². The summed E-state index contributed by atoms with van der Waals surface area (Å²) < 4.78 is 28.8.